The van der Waals surface area contributed by atoms with Crippen LogP contribution in [0.4, 0.5) is 10.5 Å². The number of piperidine rings is 1. The first-order chi connectivity index (χ1) is 11.8. The smallest absolute Gasteiger partial charge is 0.317 e. The summed E-state index contributed by atoms with van der Waals surface area (Å²) in [6.45, 7) is 7.96. The van der Waals surface area contributed by atoms with E-state index in [-0.39, 0.29) is 12.1 Å². The highest BCUT2D eigenvalue weighted by molar-refractivity contribution is 5.74. The average Bonchev–Trinajstić information content (AvgIpc) is 2.59. The number of hydrogen-bond donors (Lipinski definition) is 2. The molecule has 0 unspecified atom stereocenters. The van der Waals surface area contributed by atoms with Crippen LogP contribution in [-0.2, 0) is 0 Å². The van der Waals surface area contributed by atoms with E-state index in [9.17, 15) is 9.90 Å². The van der Waals surface area contributed by atoms with Crippen molar-refractivity contribution in [3.05, 3.63) is 29.8 Å². The molecule has 1 aliphatic heterocycles. The fourth-order valence-corrected chi connectivity index (χ4v) is 3.09. The molecular formula is C19H28N4O2. The van der Waals surface area contributed by atoms with Crippen LogP contribution in [0, 0.1) is 11.3 Å². The van der Waals surface area contributed by atoms with Crippen molar-refractivity contribution < 1.29 is 9.90 Å². The summed E-state index contributed by atoms with van der Waals surface area (Å²) in [7, 11) is 0. The predicted molar refractivity (Wildman–Crippen MR) is 98.5 cm³/mol. The second-order valence-corrected chi connectivity index (χ2v) is 7.20. The standard InChI is InChI=1S/C19H28N4O2/c1-4-22(14-19(2,3)25)18(24)21-16-9-11-23(12-10-16)17-7-5-15(13-20)6-8-17/h5-8,16,25H,4,9-12,14H2,1-3H3,(H,21,24). The van der Waals surface area contributed by atoms with Crippen LogP contribution in [0.15, 0.2) is 24.3 Å². The van der Waals surface area contributed by atoms with Crippen molar-refractivity contribution in [1.29, 1.82) is 5.26 Å². The normalized spacial score (nSPS) is 15.6. The lowest BCUT2D eigenvalue weighted by molar-refractivity contribution is 0.0474. The molecule has 1 aliphatic rings. The quantitative estimate of drug-likeness (QED) is 0.859. The number of nitrogens with one attached hydrogen (secondary N) is 1. The number of benzene rings is 1. The lowest BCUT2D eigenvalue weighted by Gasteiger charge is -2.35. The first-order valence-electron chi connectivity index (χ1n) is 8.85. The maximum absolute atomic E-state index is 12.4. The van der Waals surface area contributed by atoms with Gasteiger partial charge in [0.25, 0.3) is 0 Å². The number of nitriles is 1. The van der Waals surface area contributed by atoms with Gasteiger partial charge in [-0.05, 0) is 57.9 Å². The van der Waals surface area contributed by atoms with Gasteiger partial charge in [0, 0.05) is 31.4 Å². The molecule has 0 atom stereocenters. The molecule has 0 bridgehead atoms. The largest absolute Gasteiger partial charge is 0.389 e. The lowest BCUT2D eigenvalue weighted by Crippen LogP contribution is -2.52. The van der Waals surface area contributed by atoms with E-state index in [1.54, 1.807) is 18.7 Å². The van der Waals surface area contributed by atoms with Gasteiger partial charge in [-0.25, -0.2) is 4.79 Å². The van der Waals surface area contributed by atoms with Gasteiger partial charge in [0.2, 0.25) is 0 Å². The molecule has 136 valence electrons. The summed E-state index contributed by atoms with van der Waals surface area (Å²) >= 11 is 0. The summed E-state index contributed by atoms with van der Waals surface area (Å²) in [6, 6.07) is 9.78. The van der Waals surface area contributed by atoms with E-state index in [1.165, 1.54) is 0 Å². The Balaban J connectivity index is 1.85. The van der Waals surface area contributed by atoms with Gasteiger partial charge >= 0.3 is 6.03 Å². The lowest BCUT2D eigenvalue weighted by atomic mass is 10.0. The van der Waals surface area contributed by atoms with E-state index in [1.807, 2.05) is 31.2 Å². The third-order valence-electron chi connectivity index (χ3n) is 4.43. The fraction of sp³-hybridized carbons (Fsp3) is 0.579. The van der Waals surface area contributed by atoms with E-state index in [0.717, 1.165) is 31.6 Å². The minimum Gasteiger partial charge on any atom is -0.389 e. The average molecular weight is 344 g/mol. The van der Waals surface area contributed by atoms with Crippen molar-refractivity contribution in [2.75, 3.05) is 31.1 Å². The van der Waals surface area contributed by atoms with Gasteiger partial charge in [-0.2, -0.15) is 5.26 Å². The number of rotatable bonds is 5. The summed E-state index contributed by atoms with van der Waals surface area (Å²) in [5.41, 5.74) is 0.880. The van der Waals surface area contributed by atoms with Crippen LogP contribution in [0.3, 0.4) is 0 Å². The molecule has 2 rings (SSSR count). The number of carbonyl (C=O) groups excluding carboxylic acids is 1. The van der Waals surface area contributed by atoms with Crippen LogP contribution in [0.1, 0.15) is 39.2 Å². The predicted octanol–water partition coefficient (Wildman–Crippen LogP) is 2.33. The Morgan fingerprint density at radius 1 is 1.36 bits per heavy atom. The van der Waals surface area contributed by atoms with Crippen molar-refractivity contribution in [3.8, 4) is 6.07 Å². The van der Waals surface area contributed by atoms with Crippen LogP contribution in [0.5, 0.6) is 0 Å². The van der Waals surface area contributed by atoms with Gasteiger partial charge in [-0.3, -0.25) is 0 Å². The molecule has 2 amide bonds. The molecule has 1 fully saturated rings. The second-order valence-electron chi connectivity index (χ2n) is 7.20. The SMILES string of the molecule is CCN(CC(C)(C)O)C(=O)NC1CCN(c2ccc(C#N)cc2)CC1. The zero-order chi connectivity index (χ0) is 18.4. The molecule has 2 N–H and O–H groups in total. The first kappa shape index (κ1) is 19.1. The van der Waals surface area contributed by atoms with Crippen molar-refractivity contribution in [1.82, 2.24) is 10.2 Å². The number of carbonyl (C=O) groups is 1. The van der Waals surface area contributed by atoms with E-state index in [0.29, 0.717) is 18.7 Å². The Morgan fingerprint density at radius 2 is 1.96 bits per heavy atom. The molecule has 0 radical (unpaired) electrons. The van der Waals surface area contributed by atoms with Gasteiger partial charge in [0.1, 0.15) is 0 Å². The van der Waals surface area contributed by atoms with Gasteiger partial charge < -0.3 is 20.2 Å². The van der Waals surface area contributed by atoms with E-state index >= 15 is 0 Å². The number of amides is 2. The first-order valence-corrected chi connectivity index (χ1v) is 8.85. The summed E-state index contributed by atoms with van der Waals surface area (Å²) in [5, 5.41) is 21.9. The summed E-state index contributed by atoms with van der Waals surface area (Å²) in [6.07, 6.45) is 1.76. The van der Waals surface area contributed by atoms with Gasteiger partial charge in [0.05, 0.1) is 23.8 Å². The molecule has 25 heavy (non-hydrogen) atoms. The molecule has 6 heteroatoms. The Hall–Kier alpha value is -2.26. The van der Waals surface area contributed by atoms with Gasteiger partial charge in [0.15, 0.2) is 0 Å². The molecule has 1 heterocycles. The Bertz CT molecular complexity index is 608. The highest BCUT2D eigenvalue weighted by Gasteiger charge is 2.25. The van der Waals surface area contributed by atoms with Crippen molar-refractivity contribution in [3.63, 3.8) is 0 Å². The number of urea groups is 1. The van der Waals surface area contributed by atoms with Crippen LogP contribution in [0.25, 0.3) is 0 Å². The van der Waals surface area contributed by atoms with Crippen LogP contribution in [0.2, 0.25) is 0 Å². The summed E-state index contributed by atoms with van der Waals surface area (Å²) in [5.74, 6) is 0. The monoisotopic (exact) mass is 344 g/mol. The molecule has 0 saturated carbocycles. The third kappa shape index (κ3) is 5.64. The maximum Gasteiger partial charge on any atom is 0.317 e. The molecule has 0 aliphatic carbocycles. The van der Waals surface area contributed by atoms with Crippen molar-refractivity contribution >= 4 is 11.7 Å². The zero-order valence-corrected chi connectivity index (χ0v) is 15.3. The molecule has 1 saturated heterocycles. The maximum atomic E-state index is 12.4. The molecule has 6 nitrogen and oxygen atoms in total. The minimum absolute atomic E-state index is 0.110. The fourth-order valence-electron chi connectivity index (χ4n) is 3.09. The van der Waals surface area contributed by atoms with Crippen LogP contribution in [-0.4, -0.2) is 53.9 Å². The highest BCUT2D eigenvalue weighted by Crippen LogP contribution is 2.20. The van der Waals surface area contributed by atoms with Crippen molar-refractivity contribution in [2.45, 2.75) is 45.3 Å². The van der Waals surface area contributed by atoms with Gasteiger partial charge in [-0.15, -0.1) is 0 Å². The number of nitrogens with zero attached hydrogens (tertiary/aromatic N) is 3. The third-order valence-corrected chi connectivity index (χ3v) is 4.43. The minimum atomic E-state index is -0.897. The number of hydrogen-bond acceptors (Lipinski definition) is 4. The number of anilines is 1. The molecule has 0 spiro atoms. The van der Waals surface area contributed by atoms with Crippen molar-refractivity contribution in [2.24, 2.45) is 0 Å². The van der Waals surface area contributed by atoms with E-state index in [4.69, 9.17) is 5.26 Å². The molecule has 1 aromatic carbocycles. The molecule has 0 aromatic heterocycles. The van der Waals surface area contributed by atoms with Crippen LogP contribution < -0.4 is 10.2 Å². The van der Waals surface area contributed by atoms with Gasteiger partial charge in [-0.1, -0.05) is 0 Å². The summed E-state index contributed by atoms with van der Waals surface area (Å²) < 4.78 is 0. The molecule has 1 aromatic rings. The second kappa shape index (κ2) is 8.21. The van der Waals surface area contributed by atoms with E-state index in [2.05, 4.69) is 16.3 Å². The number of aliphatic hydroxyl groups is 1. The Kier molecular flexibility index (Phi) is 6.27. The highest BCUT2D eigenvalue weighted by atomic mass is 16.3. The topological polar surface area (TPSA) is 79.6 Å². The molecular weight excluding hydrogens is 316 g/mol. The summed E-state index contributed by atoms with van der Waals surface area (Å²) in [4.78, 5) is 16.3. The Labute approximate surface area is 150 Å². The zero-order valence-electron chi connectivity index (χ0n) is 15.3. The van der Waals surface area contributed by atoms with E-state index < -0.39 is 5.60 Å². The number of likely N-dealkylation sites (N-methyl/N-ethyl adjacent to an activating group) is 1. The van der Waals surface area contributed by atoms with Crippen LogP contribution >= 0.6 is 0 Å². The Morgan fingerprint density at radius 3 is 2.44 bits per heavy atom.